The van der Waals surface area contributed by atoms with Crippen molar-refractivity contribution in [3.05, 3.63) is 138 Å². The van der Waals surface area contributed by atoms with E-state index in [-0.39, 0.29) is 56.9 Å². The van der Waals surface area contributed by atoms with Gasteiger partial charge in [0.25, 0.3) is 0 Å². The Labute approximate surface area is 439 Å². The molecule has 75 heavy (non-hydrogen) atoms. The third-order valence-corrected chi connectivity index (χ3v) is 15.2. The van der Waals surface area contributed by atoms with Crippen molar-refractivity contribution in [3.8, 4) is 5.75 Å². The first-order chi connectivity index (χ1) is 35.6. The number of phosphoric acid groups is 1. The Balaban J connectivity index is 0.000000260. The number of hydrogen-bond donors (Lipinski definition) is 2. The number of aliphatic hydroxyl groups is 2. The molecule has 13 atom stereocenters. The molecule has 3 aliphatic rings. The molecular weight excluding hydrogens is 1010 g/mol. The molecule has 0 amide bonds. The van der Waals surface area contributed by atoms with Gasteiger partial charge in [-0.25, -0.2) is 4.57 Å². The van der Waals surface area contributed by atoms with Gasteiger partial charge in [-0.15, -0.1) is 0 Å². The molecule has 3 heterocycles. The first-order valence-electron chi connectivity index (χ1n) is 24.8. The summed E-state index contributed by atoms with van der Waals surface area (Å²) in [5, 5.41) is 22.1. The largest absolute Gasteiger partial charge is 0.497 e. The summed E-state index contributed by atoms with van der Waals surface area (Å²) in [6, 6.07) is 35.1. The van der Waals surface area contributed by atoms with Crippen LogP contribution in [0.3, 0.4) is 0 Å². The van der Waals surface area contributed by atoms with E-state index in [9.17, 15) is 28.9 Å². The van der Waals surface area contributed by atoms with Crippen molar-refractivity contribution in [2.75, 3.05) is 27.0 Å². The fourth-order valence-electron chi connectivity index (χ4n) is 8.57. The molecule has 0 aromatic heterocycles. The Hall–Kier alpha value is -4.40. The Morgan fingerprint density at radius 3 is 1.63 bits per heavy atom. The lowest BCUT2D eigenvalue weighted by molar-refractivity contribution is -0.274. The Kier molecular flexibility index (Phi) is 22.2. The van der Waals surface area contributed by atoms with Crippen molar-refractivity contribution in [2.45, 2.75) is 136 Å². The highest BCUT2D eigenvalue weighted by molar-refractivity contribution is 7.52. The van der Waals surface area contributed by atoms with Crippen molar-refractivity contribution in [3.63, 3.8) is 0 Å². The first-order valence-corrected chi connectivity index (χ1v) is 28.2. The highest BCUT2D eigenvalue weighted by atomic mass is 31.2. The zero-order valence-electron chi connectivity index (χ0n) is 43.9. The number of carbonyl (C=O) groups is 2. The number of carbonyl (C=O) groups excluding carboxylic acids is 2. The lowest BCUT2D eigenvalue weighted by Gasteiger charge is -2.45. The van der Waals surface area contributed by atoms with Gasteiger partial charge in [-0.1, -0.05) is 124 Å². The number of rotatable bonds is 24. The molecule has 21 heteroatoms. The molecule has 0 saturated carbocycles. The number of methoxy groups -OCH3 is 1. The summed E-state index contributed by atoms with van der Waals surface area (Å²) in [7, 11) is -5.87. The van der Waals surface area contributed by atoms with E-state index < -0.39 is 89.0 Å². The van der Waals surface area contributed by atoms with E-state index >= 15 is 0 Å². The van der Waals surface area contributed by atoms with Crippen LogP contribution in [0.15, 0.2) is 115 Å². The van der Waals surface area contributed by atoms with E-state index in [4.69, 9.17) is 60.5 Å². The average molecular weight is 1090 g/mol. The monoisotopic (exact) mass is 1090 g/mol. The number of benzene rings is 4. The van der Waals surface area contributed by atoms with Gasteiger partial charge >= 0.3 is 27.4 Å². The van der Waals surface area contributed by atoms with Crippen LogP contribution in [0.5, 0.6) is 5.75 Å². The van der Waals surface area contributed by atoms with Gasteiger partial charge in [0.05, 0.1) is 52.9 Å². The van der Waals surface area contributed by atoms with E-state index in [1.807, 2.05) is 136 Å². The fraction of sp³-hybridized carbons (Fsp3) is 0.519. The number of aliphatic hydroxyl groups excluding tert-OH is 2. The van der Waals surface area contributed by atoms with Gasteiger partial charge in [0, 0.05) is 32.3 Å². The molecule has 7 rings (SSSR count). The van der Waals surface area contributed by atoms with Crippen LogP contribution in [0.25, 0.3) is 0 Å². The molecular formula is C54H72O19P2. The maximum atomic E-state index is 13.6. The van der Waals surface area contributed by atoms with Crippen LogP contribution in [0.4, 0.5) is 0 Å². The van der Waals surface area contributed by atoms with Crippen molar-refractivity contribution < 1.29 is 89.4 Å². The van der Waals surface area contributed by atoms with E-state index in [1.165, 1.54) is 20.5 Å². The quantitative estimate of drug-likeness (QED) is 0.0493. The highest BCUT2D eigenvalue weighted by Gasteiger charge is 2.58. The molecule has 3 aliphatic heterocycles. The summed E-state index contributed by atoms with van der Waals surface area (Å²) in [6.45, 7) is 13.2. The number of fused-ring (bicyclic) bond motifs is 1. The molecule has 0 aliphatic carbocycles. The zero-order chi connectivity index (χ0) is 54.3. The van der Waals surface area contributed by atoms with Gasteiger partial charge in [-0.3, -0.25) is 27.7 Å². The van der Waals surface area contributed by atoms with Crippen molar-refractivity contribution in [1.82, 2.24) is 0 Å². The van der Waals surface area contributed by atoms with Crippen molar-refractivity contribution in [1.29, 1.82) is 0 Å². The predicted molar refractivity (Wildman–Crippen MR) is 272 cm³/mol. The molecule has 0 radical (unpaired) electrons. The zero-order valence-corrected chi connectivity index (χ0v) is 45.7. The molecule has 4 aromatic carbocycles. The highest BCUT2D eigenvalue weighted by Crippen LogP contribution is 2.52. The van der Waals surface area contributed by atoms with Gasteiger partial charge in [-0.2, -0.15) is 0 Å². The lowest BCUT2D eigenvalue weighted by atomic mass is 9.79. The summed E-state index contributed by atoms with van der Waals surface area (Å²) in [5.74, 6) is -1.58. The third-order valence-electron chi connectivity index (χ3n) is 12.7. The SMILES string of the molecule is CC(=O)OC1[C@@H](OC(C)=O)OC([C@H](C)COP(C)(=O)OCc2ccccc2)[C@@H](C)[C@@H]1C.COc1ccc(COC2OC([C@H](O)[C@H](O)COP(=O)(OCc3ccccc3)OCc3ccccc3)[C@H]3OC(C)(C)O[C@@H]23)cc1. The first kappa shape index (κ1) is 59.8. The molecule has 3 saturated heterocycles. The molecule has 0 spiro atoms. The smallest absolute Gasteiger partial charge is 0.475 e. The summed E-state index contributed by atoms with van der Waals surface area (Å²) < 4.78 is 100. The van der Waals surface area contributed by atoms with Gasteiger partial charge in [0.2, 0.25) is 6.29 Å². The van der Waals surface area contributed by atoms with Gasteiger partial charge < -0.3 is 57.2 Å². The third kappa shape index (κ3) is 18.1. The van der Waals surface area contributed by atoms with Crippen LogP contribution in [-0.2, 0) is 101 Å². The standard InChI is InChI=1S/C32H39O11P.C22H33O8P/c1-32(2)42-29-28(41-31(30(29)43-32)37-18-24-14-16-25(36-3)17-15-24)27(34)26(33)21-40-44(35,38-19-22-10-6-4-7-11-22)39-20-23-12-8-5-9-13-23;1-14(12-26-31(6,25)27-13-19-10-8-7-9-11-19)20-15(2)16(3)21(28-17(4)23)22(30-20)29-18(5)24/h4-17,26-31,33-34H,18-21H2,1-3H3;7-11,14-16,20-22H,12-13H2,1-6H3/t26-,27-,28?,29-,30-,31?;14-,15+,16+,20?,21?,22+,31?/m11/s1. The minimum absolute atomic E-state index is 0.0313. The van der Waals surface area contributed by atoms with E-state index in [0.717, 1.165) is 28.0 Å². The molecule has 5 unspecified atom stereocenters. The van der Waals surface area contributed by atoms with E-state index in [1.54, 1.807) is 21.0 Å². The Bertz CT molecular complexity index is 2420. The number of phosphoric ester groups is 1. The maximum absolute atomic E-state index is 13.6. The summed E-state index contributed by atoms with van der Waals surface area (Å²) in [4.78, 5) is 23.0. The Morgan fingerprint density at radius 1 is 0.613 bits per heavy atom. The number of ether oxygens (including phenoxy) is 8. The minimum Gasteiger partial charge on any atom is -0.497 e. The Morgan fingerprint density at radius 2 is 1.11 bits per heavy atom. The van der Waals surface area contributed by atoms with E-state index in [0.29, 0.717) is 0 Å². The second-order valence-electron chi connectivity index (χ2n) is 19.2. The second kappa shape index (κ2) is 27.8. The second-order valence-corrected chi connectivity index (χ2v) is 22.9. The lowest BCUT2D eigenvalue weighted by Crippen LogP contribution is -2.54. The normalized spacial score (nSPS) is 26.1. The summed E-state index contributed by atoms with van der Waals surface area (Å²) in [5.41, 5.74) is 3.29. The maximum Gasteiger partial charge on any atom is 0.475 e. The summed E-state index contributed by atoms with van der Waals surface area (Å²) in [6.07, 6.45) is -8.44. The van der Waals surface area contributed by atoms with Gasteiger partial charge in [0.15, 0.2) is 18.2 Å². The van der Waals surface area contributed by atoms with Gasteiger partial charge in [0.1, 0.15) is 36.3 Å². The van der Waals surface area contributed by atoms with Crippen LogP contribution < -0.4 is 4.74 Å². The van der Waals surface area contributed by atoms with Crippen LogP contribution in [0.1, 0.15) is 70.7 Å². The van der Waals surface area contributed by atoms with Gasteiger partial charge in [-0.05, 0) is 54.2 Å². The minimum atomic E-state index is -4.18. The molecule has 4 aromatic rings. The molecule has 2 N–H and O–H groups in total. The predicted octanol–water partition coefficient (Wildman–Crippen LogP) is 8.91. The fourth-order valence-corrected chi connectivity index (χ4v) is 10.7. The van der Waals surface area contributed by atoms with Crippen LogP contribution in [0, 0.1) is 17.8 Å². The van der Waals surface area contributed by atoms with Crippen LogP contribution in [-0.4, -0.2) is 110 Å². The summed E-state index contributed by atoms with van der Waals surface area (Å²) >= 11 is 0. The van der Waals surface area contributed by atoms with Crippen molar-refractivity contribution >= 4 is 27.4 Å². The number of hydrogen-bond acceptors (Lipinski definition) is 19. The molecule has 412 valence electrons. The van der Waals surface area contributed by atoms with Crippen LogP contribution >= 0.6 is 15.4 Å². The molecule has 3 fully saturated rings. The van der Waals surface area contributed by atoms with Crippen molar-refractivity contribution in [2.24, 2.45) is 17.8 Å². The van der Waals surface area contributed by atoms with E-state index in [2.05, 4.69) is 0 Å². The van der Waals surface area contributed by atoms with Crippen LogP contribution in [0.2, 0.25) is 0 Å². The topological polar surface area (TPSA) is 229 Å². The average Bonchev–Trinajstić information content (AvgIpc) is 3.90. The molecule has 0 bridgehead atoms. The number of esters is 2. The molecule has 19 nitrogen and oxygen atoms in total.